The molecule has 1 aromatic carbocycles. The standard InChI is InChI=1S/C15H21N7/c1-21-7-9-22(10-8-21)20-15-13(16)14(17-11-18-15)19-12-5-3-2-4-6-12/h2-6,11H,7-10,16H2,1H3,(H2,17,18,19,20). The van der Waals surface area contributed by atoms with Gasteiger partial charge in [-0.3, -0.25) is 0 Å². The van der Waals surface area contributed by atoms with Gasteiger partial charge in [-0.05, 0) is 19.2 Å². The molecule has 0 radical (unpaired) electrons. The lowest BCUT2D eigenvalue weighted by Crippen LogP contribution is -2.47. The molecular formula is C15H21N7. The van der Waals surface area contributed by atoms with Gasteiger partial charge in [0.15, 0.2) is 11.6 Å². The maximum Gasteiger partial charge on any atom is 0.169 e. The maximum absolute atomic E-state index is 6.19. The molecule has 1 aliphatic heterocycles. The van der Waals surface area contributed by atoms with E-state index >= 15 is 0 Å². The number of hydrazine groups is 1. The van der Waals surface area contributed by atoms with Crippen molar-refractivity contribution in [1.82, 2.24) is 19.9 Å². The number of nitrogens with zero attached hydrogens (tertiary/aromatic N) is 4. The van der Waals surface area contributed by atoms with Crippen molar-refractivity contribution in [1.29, 1.82) is 0 Å². The van der Waals surface area contributed by atoms with Gasteiger partial charge in [0.2, 0.25) is 0 Å². The van der Waals surface area contributed by atoms with Crippen LogP contribution >= 0.6 is 0 Å². The van der Waals surface area contributed by atoms with Gasteiger partial charge >= 0.3 is 0 Å². The number of piperazine rings is 1. The first kappa shape index (κ1) is 14.6. The molecule has 3 rings (SSSR count). The van der Waals surface area contributed by atoms with E-state index in [9.17, 15) is 0 Å². The van der Waals surface area contributed by atoms with E-state index in [0.29, 0.717) is 17.3 Å². The zero-order valence-corrected chi connectivity index (χ0v) is 12.7. The summed E-state index contributed by atoms with van der Waals surface area (Å²) in [7, 11) is 2.12. The Morgan fingerprint density at radius 3 is 2.41 bits per heavy atom. The Balaban J connectivity index is 1.71. The minimum atomic E-state index is 0.519. The van der Waals surface area contributed by atoms with E-state index < -0.39 is 0 Å². The first-order valence-electron chi connectivity index (χ1n) is 7.35. The second-order valence-corrected chi connectivity index (χ2v) is 5.38. The molecule has 1 fully saturated rings. The van der Waals surface area contributed by atoms with Crippen molar-refractivity contribution in [2.45, 2.75) is 0 Å². The fourth-order valence-corrected chi connectivity index (χ4v) is 2.31. The fourth-order valence-electron chi connectivity index (χ4n) is 2.31. The van der Waals surface area contributed by atoms with Gasteiger partial charge in [0.1, 0.15) is 12.0 Å². The van der Waals surface area contributed by atoms with E-state index in [2.05, 4.69) is 37.7 Å². The number of nitrogens with one attached hydrogen (secondary N) is 2. The van der Waals surface area contributed by atoms with E-state index in [0.717, 1.165) is 31.9 Å². The van der Waals surface area contributed by atoms with Crippen molar-refractivity contribution in [2.75, 3.05) is 49.7 Å². The molecule has 4 N–H and O–H groups in total. The molecule has 22 heavy (non-hydrogen) atoms. The number of likely N-dealkylation sites (N-methyl/N-ethyl adjacent to an activating group) is 1. The summed E-state index contributed by atoms with van der Waals surface area (Å²) in [5.74, 6) is 1.25. The highest BCUT2D eigenvalue weighted by Gasteiger charge is 2.16. The van der Waals surface area contributed by atoms with E-state index in [-0.39, 0.29) is 0 Å². The highest BCUT2D eigenvalue weighted by Crippen LogP contribution is 2.25. The summed E-state index contributed by atoms with van der Waals surface area (Å²) in [5, 5.41) is 5.34. The van der Waals surface area contributed by atoms with Crippen molar-refractivity contribution in [3.63, 3.8) is 0 Å². The predicted octanol–water partition coefficient (Wildman–Crippen LogP) is 1.38. The number of hydrogen-bond donors (Lipinski definition) is 3. The second kappa shape index (κ2) is 6.59. The van der Waals surface area contributed by atoms with Crippen molar-refractivity contribution in [2.24, 2.45) is 0 Å². The number of benzene rings is 1. The second-order valence-electron chi connectivity index (χ2n) is 5.38. The van der Waals surface area contributed by atoms with E-state index in [1.165, 1.54) is 6.33 Å². The summed E-state index contributed by atoms with van der Waals surface area (Å²) in [6.45, 7) is 3.91. The van der Waals surface area contributed by atoms with E-state index in [1.807, 2.05) is 30.3 Å². The zero-order chi connectivity index (χ0) is 15.4. The van der Waals surface area contributed by atoms with Crippen LogP contribution in [0, 0.1) is 0 Å². The minimum absolute atomic E-state index is 0.519. The van der Waals surface area contributed by atoms with Gasteiger partial charge in [0, 0.05) is 31.9 Å². The molecule has 1 aromatic heterocycles. The molecule has 2 heterocycles. The first-order valence-corrected chi connectivity index (χ1v) is 7.35. The number of anilines is 4. The van der Waals surface area contributed by atoms with Gasteiger partial charge in [-0.15, -0.1) is 0 Å². The van der Waals surface area contributed by atoms with Crippen molar-refractivity contribution < 1.29 is 0 Å². The highest BCUT2D eigenvalue weighted by molar-refractivity contribution is 5.77. The third-order valence-electron chi connectivity index (χ3n) is 3.69. The molecule has 0 spiro atoms. The van der Waals surface area contributed by atoms with Gasteiger partial charge in [-0.2, -0.15) is 0 Å². The van der Waals surface area contributed by atoms with E-state index in [4.69, 9.17) is 5.73 Å². The summed E-state index contributed by atoms with van der Waals surface area (Å²) in [4.78, 5) is 10.8. The third-order valence-corrected chi connectivity index (χ3v) is 3.69. The van der Waals surface area contributed by atoms with Crippen LogP contribution in [-0.2, 0) is 0 Å². The largest absolute Gasteiger partial charge is 0.393 e. The minimum Gasteiger partial charge on any atom is -0.393 e. The highest BCUT2D eigenvalue weighted by atomic mass is 15.5. The van der Waals surface area contributed by atoms with Crippen molar-refractivity contribution in [3.8, 4) is 0 Å². The topological polar surface area (TPSA) is 82.3 Å². The van der Waals surface area contributed by atoms with Crippen LogP contribution in [0.2, 0.25) is 0 Å². The van der Waals surface area contributed by atoms with Crippen molar-refractivity contribution in [3.05, 3.63) is 36.7 Å². The SMILES string of the molecule is CN1CCN(Nc2ncnc(Nc3ccccc3)c2N)CC1. The number of nitrogens with two attached hydrogens (primary N) is 1. The fraction of sp³-hybridized carbons (Fsp3) is 0.333. The smallest absolute Gasteiger partial charge is 0.169 e. The molecule has 0 saturated carbocycles. The van der Waals surface area contributed by atoms with Gasteiger partial charge in [0.25, 0.3) is 0 Å². The van der Waals surface area contributed by atoms with Gasteiger partial charge in [-0.1, -0.05) is 18.2 Å². The molecule has 1 aliphatic rings. The number of hydrogen-bond acceptors (Lipinski definition) is 7. The van der Waals surface area contributed by atoms with Crippen LogP contribution in [0.15, 0.2) is 36.7 Å². The van der Waals surface area contributed by atoms with Gasteiger partial charge in [0.05, 0.1) is 0 Å². The average molecular weight is 299 g/mol. The zero-order valence-electron chi connectivity index (χ0n) is 12.7. The Hall–Kier alpha value is -2.38. The first-order chi connectivity index (χ1) is 10.7. The van der Waals surface area contributed by atoms with Crippen LogP contribution in [0.1, 0.15) is 0 Å². The lowest BCUT2D eigenvalue weighted by atomic mass is 10.3. The molecule has 0 aliphatic carbocycles. The van der Waals surface area contributed by atoms with E-state index in [1.54, 1.807) is 0 Å². The Labute approximate surface area is 130 Å². The lowest BCUT2D eigenvalue weighted by Gasteiger charge is -2.32. The summed E-state index contributed by atoms with van der Waals surface area (Å²) in [6, 6.07) is 9.82. The summed E-state index contributed by atoms with van der Waals surface area (Å²) in [6.07, 6.45) is 1.51. The van der Waals surface area contributed by atoms with Gasteiger partial charge < -0.3 is 21.4 Å². The number of para-hydroxylation sites is 1. The number of rotatable bonds is 4. The van der Waals surface area contributed by atoms with Crippen LogP contribution in [0.25, 0.3) is 0 Å². The quantitative estimate of drug-likeness (QED) is 0.786. The molecule has 0 bridgehead atoms. The normalized spacial score (nSPS) is 16.4. The van der Waals surface area contributed by atoms with Crippen LogP contribution < -0.4 is 16.5 Å². The molecule has 0 amide bonds. The van der Waals surface area contributed by atoms with Crippen LogP contribution in [0.4, 0.5) is 23.0 Å². The van der Waals surface area contributed by atoms with Gasteiger partial charge in [-0.25, -0.2) is 15.0 Å². The Morgan fingerprint density at radius 2 is 1.68 bits per heavy atom. The van der Waals surface area contributed by atoms with Crippen molar-refractivity contribution >= 4 is 23.0 Å². The van der Waals surface area contributed by atoms with Crippen LogP contribution in [0.3, 0.4) is 0 Å². The summed E-state index contributed by atoms with van der Waals surface area (Å²) >= 11 is 0. The average Bonchev–Trinajstić information content (AvgIpc) is 2.54. The van der Waals surface area contributed by atoms with Crippen LogP contribution in [-0.4, -0.2) is 53.1 Å². The van der Waals surface area contributed by atoms with Crippen LogP contribution in [0.5, 0.6) is 0 Å². The Bertz CT molecular complexity index is 609. The Morgan fingerprint density at radius 1 is 1.00 bits per heavy atom. The molecule has 7 heteroatoms. The predicted molar refractivity (Wildman–Crippen MR) is 88.9 cm³/mol. The molecule has 2 aromatic rings. The molecule has 116 valence electrons. The molecule has 7 nitrogen and oxygen atoms in total. The summed E-state index contributed by atoms with van der Waals surface area (Å²) < 4.78 is 0. The molecule has 1 saturated heterocycles. The number of nitrogen functional groups attached to an aromatic ring is 1. The monoisotopic (exact) mass is 299 g/mol. The Kier molecular flexibility index (Phi) is 4.36. The lowest BCUT2D eigenvalue weighted by molar-refractivity contribution is 0.178. The third kappa shape index (κ3) is 3.44. The molecular weight excluding hydrogens is 278 g/mol. The summed E-state index contributed by atoms with van der Waals surface area (Å²) in [5.41, 5.74) is 10.9. The molecule has 0 atom stereocenters. The number of aromatic nitrogens is 2. The molecule has 0 unspecified atom stereocenters. The maximum atomic E-state index is 6.19.